The van der Waals surface area contributed by atoms with Crippen molar-refractivity contribution in [2.24, 2.45) is 0 Å². The van der Waals surface area contributed by atoms with Crippen molar-refractivity contribution >= 4 is 15.5 Å². The minimum absolute atomic E-state index is 0.00203. The maximum absolute atomic E-state index is 13.3. The fourth-order valence-corrected chi connectivity index (χ4v) is 5.49. The Bertz CT molecular complexity index is 1260. The highest BCUT2D eigenvalue weighted by molar-refractivity contribution is 7.90. The smallest absolute Gasteiger partial charge is 0.277 e. The number of anilines is 1. The lowest BCUT2D eigenvalue weighted by molar-refractivity contribution is 0.168. The van der Waals surface area contributed by atoms with Crippen LogP contribution in [0, 0.1) is 0 Å². The maximum Gasteiger partial charge on any atom is 0.277 e. The molecule has 1 N–H and O–H groups in total. The Balaban J connectivity index is 1.33. The normalized spacial score (nSPS) is 19.7. The minimum atomic E-state index is -3.19. The van der Waals surface area contributed by atoms with Gasteiger partial charge in [0, 0.05) is 56.1 Å². The number of fused-ring (bicyclic) bond motifs is 1. The Morgan fingerprint density at radius 3 is 2.44 bits per heavy atom. The van der Waals surface area contributed by atoms with Crippen LogP contribution in [-0.2, 0) is 16.3 Å². The van der Waals surface area contributed by atoms with Crippen molar-refractivity contribution in [2.75, 3.05) is 37.3 Å². The van der Waals surface area contributed by atoms with E-state index < -0.39 is 9.84 Å². The zero-order valence-electron chi connectivity index (χ0n) is 18.1. The highest BCUT2D eigenvalue weighted by atomic mass is 32.2. The predicted molar refractivity (Wildman–Crippen MR) is 123 cm³/mol. The van der Waals surface area contributed by atoms with E-state index >= 15 is 0 Å². The van der Waals surface area contributed by atoms with Gasteiger partial charge in [-0.3, -0.25) is 14.8 Å². The number of aromatic amines is 1. The van der Waals surface area contributed by atoms with Gasteiger partial charge in [0.15, 0.2) is 15.7 Å². The van der Waals surface area contributed by atoms with Gasteiger partial charge in [-0.25, -0.2) is 18.1 Å². The Kier molecular flexibility index (Phi) is 5.38. The van der Waals surface area contributed by atoms with Gasteiger partial charge in [0.25, 0.3) is 5.56 Å². The quantitative estimate of drug-likeness (QED) is 0.651. The Morgan fingerprint density at radius 1 is 1.03 bits per heavy atom. The van der Waals surface area contributed by atoms with Crippen LogP contribution in [0.1, 0.15) is 30.1 Å². The van der Waals surface area contributed by atoms with Gasteiger partial charge in [0.2, 0.25) is 0 Å². The summed E-state index contributed by atoms with van der Waals surface area (Å²) in [4.78, 5) is 22.6. The molecule has 1 fully saturated rings. The van der Waals surface area contributed by atoms with Gasteiger partial charge in [-0.15, -0.1) is 0 Å². The number of hydrogen-bond donors (Lipinski definition) is 1. The van der Waals surface area contributed by atoms with E-state index in [1.807, 2.05) is 30.3 Å². The van der Waals surface area contributed by atoms with Gasteiger partial charge in [-0.1, -0.05) is 6.07 Å². The third-order valence-corrected chi connectivity index (χ3v) is 7.63. The summed E-state index contributed by atoms with van der Waals surface area (Å²) in [5.41, 5.74) is 2.94. The molecule has 3 aromatic rings. The van der Waals surface area contributed by atoms with Gasteiger partial charge in [-0.2, -0.15) is 0 Å². The van der Waals surface area contributed by atoms with E-state index in [0.29, 0.717) is 10.7 Å². The summed E-state index contributed by atoms with van der Waals surface area (Å²) in [5.74, 6) is 0.619. The highest BCUT2D eigenvalue weighted by Gasteiger charge is 2.33. The molecule has 32 heavy (non-hydrogen) atoms. The van der Waals surface area contributed by atoms with Crippen LogP contribution in [0.2, 0.25) is 0 Å². The van der Waals surface area contributed by atoms with E-state index in [0.717, 1.165) is 62.4 Å². The van der Waals surface area contributed by atoms with Gasteiger partial charge < -0.3 is 4.90 Å². The topological polar surface area (TPSA) is 91.3 Å². The molecule has 1 aliphatic heterocycles. The first-order valence-electron chi connectivity index (χ1n) is 11.0. The summed E-state index contributed by atoms with van der Waals surface area (Å²) in [7, 11) is -3.19. The largest absolute Gasteiger partial charge is 0.369 e. The van der Waals surface area contributed by atoms with Crippen LogP contribution in [0.15, 0.2) is 58.4 Å². The number of nitrogens with zero attached hydrogens (tertiary/aromatic N) is 4. The van der Waals surface area contributed by atoms with Gasteiger partial charge in [-0.05, 0) is 55.7 Å². The number of hydrogen-bond acceptors (Lipinski definition) is 6. The maximum atomic E-state index is 13.3. The van der Waals surface area contributed by atoms with Gasteiger partial charge in [0.1, 0.15) is 0 Å². The zero-order chi connectivity index (χ0) is 22.3. The van der Waals surface area contributed by atoms with Crippen molar-refractivity contribution in [3.63, 3.8) is 0 Å². The molecule has 2 aliphatic rings. The molecule has 0 amide bonds. The Labute approximate surface area is 187 Å². The monoisotopic (exact) mass is 453 g/mol. The molecular formula is C23H27N5O3S. The molecule has 168 valence electrons. The van der Waals surface area contributed by atoms with Crippen molar-refractivity contribution in [3.05, 3.63) is 70.3 Å². The van der Waals surface area contributed by atoms with Gasteiger partial charge in [0.05, 0.1) is 10.5 Å². The summed E-state index contributed by atoms with van der Waals surface area (Å²) < 4.78 is 25.0. The van der Waals surface area contributed by atoms with Crippen LogP contribution in [0.3, 0.4) is 0 Å². The van der Waals surface area contributed by atoms with Crippen molar-refractivity contribution in [3.8, 4) is 5.82 Å². The molecule has 1 atom stereocenters. The molecule has 1 unspecified atom stereocenters. The van der Waals surface area contributed by atoms with Crippen LogP contribution in [-0.4, -0.2) is 60.5 Å². The number of benzene rings is 1. The van der Waals surface area contributed by atoms with Crippen LogP contribution >= 0.6 is 0 Å². The van der Waals surface area contributed by atoms with E-state index in [1.165, 1.54) is 6.26 Å². The Hall–Kier alpha value is -2.91. The lowest BCUT2D eigenvalue weighted by atomic mass is 9.91. The second kappa shape index (κ2) is 8.22. The van der Waals surface area contributed by atoms with Crippen molar-refractivity contribution in [1.29, 1.82) is 0 Å². The molecule has 8 nitrogen and oxygen atoms in total. The van der Waals surface area contributed by atoms with E-state index in [2.05, 4.69) is 19.9 Å². The molecule has 0 bridgehead atoms. The summed E-state index contributed by atoms with van der Waals surface area (Å²) in [6.07, 6.45) is 5.83. The first kappa shape index (κ1) is 21.0. The summed E-state index contributed by atoms with van der Waals surface area (Å²) in [6, 6.07) is 12.8. The van der Waals surface area contributed by atoms with Crippen LogP contribution in [0.25, 0.3) is 5.82 Å². The van der Waals surface area contributed by atoms with E-state index in [9.17, 15) is 13.2 Å². The van der Waals surface area contributed by atoms with E-state index in [1.54, 1.807) is 23.0 Å². The number of H-pyrrole nitrogens is 1. The predicted octanol–water partition coefficient (Wildman–Crippen LogP) is 2.16. The summed E-state index contributed by atoms with van der Waals surface area (Å²) in [5, 5.41) is 3.29. The lowest BCUT2D eigenvalue weighted by Crippen LogP contribution is -2.48. The standard InChI is InChI=1S/C23H27N5O3S/c1-32(30,31)18-10-8-17(9-11-18)26-13-15-27(16-14-26)20-6-4-5-19-22(20)23(29)28(25-19)21-7-2-3-12-24-21/h2-3,7-12,20,25H,4-6,13-16H2,1H3. The highest BCUT2D eigenvalue weighted by Crippen LogP contribution is 2.33. The van der Waals surface area contributed by atoms with Crippen LogP contribution in [0.4, 0.5) is 5.69 Å². The molecular weight excluding hydrogens is 426 g/mol. The molecule has 1 aromatic carbocycles. The number of sulfone groups is 1. The average molecular weight is 454 g/mol. The number of piperazine rings is 1. The molecule has 0 radical (unpaired) electrons. The third-order valence-electron chi connectivity index (χ3n) is 6.51. The van der Waals surface area contributed by atoms with Crippen molar-refractivity contribution < 1.29 is 8.42 Å². The van der Waals surface area contributed by atoms with Crippen LogP contribution < -0.4 is 10.5 Å². The second-order valence-electron chi connectivity index (χ2n) is 8.53. The molecule has 5 rings (SSSR count). The second-order valence-corrected chi connectivity index (χ2v) is 10.5. The number of aryl methyl sites for hydroxylation is 1. The third kappa shape index (κ3) is 3.86. The molecule has 0 spiro atoms. The van der Waals surface area contributed by atoms with Gasteiger partial charge >= 0.3 is 0 Å². The first-order chi connectivity index (χ1) is 15.4. The lowest BCUT2D eigenvalue weighted by Gasteiger charge is -2.41. The van der Waals surface area contributed by atoms with E-state index in [4.69, 9.17) is 0 Å². The average Bonchev–Trinajstić information content (AvgIpc) is 3.16. The zero-order valence-corrected chi connectivity index (χ0v) is 18.9. The summed E-state index contributed by atoms with van der Waals surface area (Å²) in [6.45, 7) is 3.38. The SMILES string of the molecule is CS(=O)(=O)c1ccc(N2CCN(C3CCCc4[nH]n(-c5ccccn5)c(=O)c43)CC2)cc1. The number of rotatable bonds is 4. The fraction of sp³-hybridized carbons (Fsp3) is 0.391. The number of nitrogens with one attached hydrogen (secondary N) is 1. The fourth-order valence-electron chi connectivity index (χ4n) is 4.85. The minimum Gasteiger partial charge on any atom is -0.369 e. The first-order valence-corrected chi connectivity index (χ1v) is 12.9. The molecule has 1 saturated heterocycles. The summed E-state index contributed by atoms with van der Waals surface area (Å²) >= 11 is 0. The van der Waals surface area contributed by atoms with Crippen molar-refractivity contribution in [2.45, 2.75) is 30.2 Å². The molecule has 3 heterocycles. The Morgan fingerprint density at radius 2 is 1.78 bits per heavy atom. The number of aromatic nitrogens is 3. The van der Waals surface area contributed by atoms with Crippen LogP contribution in [0.5, 0.6) is 0 Å². The molecule has 9 heteroatoms. The molecule has 2 aromatic heterocycles. The molecule has 0 saturated carbocycles. The molecule has 1 aliphatic carbocycles. The van der Waals surface area contributed by atoms with Crippen molar-refractivity contribution in [1.82, 2.24) is 19.7 Å². The van der Waals surface area contributed by atoms with E-state index in [-0.39, 0.29) is 11.6 Å². The number of pyridine rings is 1.